The molecule has 5 heteroatoms. The van der Waals surface area contributed by atoms with Crippen molar-refractivity contribution in [3.8, 4) is 0 Å². The standard InChI is InChI=1S/C12H19N3O2/c1-9-11(7-13-14(9)2)12(17)15-5-3-10(8-16)4-6-15/h7,10,16H,3-6,8H2,1-2H3. The van der Waals surface area contributed by atoms with Crippen LogP contribution < -0.4 is 0 Å². The molecular formula is C12H19N3O2. The fourth-order valence-electron chi connectivity index (χ4n) is 2.20. The van der Waals surface area contributed by atoms with Crippen LogP contribution in [-0.4, -0.2) is 45.4 Å². The number of carbonyl (C=O) groups excluding carboxylic acids is 1. The lowest BCUT2D eigenvalue weighted by Gasteiger charge is -2.31. The maximum Gasteiger partial charge on any atom is 0.257 e. The zero-order chi connectivity index (χ0) is 12.4. The number of likely N-dealkylation sites (tertiary alicyclic amines) is 1. The van der Waals surface area contributed by atoms with Crippen molar-refractivity contribution in [3.63, 3.8) is 0 Å². The largest absolute Gasteiger partial charge is 0.396 e. The second-order valence-corrected chi connectivity index (χ2v) is 4.69. The summed E-state index contributed by atoms with van der Waals surface area (Å²) in [4.78, 5) is 14.1. The predicted octanol–water partition coefficient (Wildman–Crippen LogP) is 0.573. The quantitative estimate of drug-likeness (QED) is 0.818. The molecule has 17 heavy (non-hydrogen) atoms. The van der Waals surface area contributed by atoms with E-state index in [1.807, 2.05) is 18.9 Å². The molecule has 1 aliphatic heterocycles. The summed E-state index contributed by atoms with van der Waals surface area (Å²) in [6.45, 7) is 3.60. The smallest absolute Gasteiger partial charge is 0.257 e. The summed E-state index contributed by atoms with van der Waals surface area (Å²) in [5, 5.41) is 13.2. The Morgan fingerprint density at radius 2 is 2.18 bits per heavy atom. The van der Waals surface area contributed by atoms with Crippen molar-refractivity contribution in [2.45, 2.75) is 19.8 Å². The molecule has 0 atom stereocenters. The van der Waals surface area contributed by atoms with E-state index in [2.05, 4.69) is 5.10 Å². The minimum Gasteiger partial charge on any atom is -0.396 e. The van der Waals surface area contributed by atoms with E-state index in [9.17, 15) is 4.79 Å². The SMILES string of the molecule is Cc1c(C(=O)N2CCC(CO)CC2)cnn1C. The van der Waals surface area contributed by atoms with E-state index in [4.69, 9.17) is 5.11 Å². The lowest BCUT2D eigenvalue weighted by atomic mass is 9.97. The van der Waals surface area contributed by atoms with Gasteiger partial charge in [0.25, 0.3) is 5.91 Å². The van der Waals surface area contributed by atoms with Gasteiger partial charge >= 0.3 is 0 Å². The van der Waals surface area contributed by atoms with E-state index in [0.717, 1.165) is 31.6 Å². The molecule has 0 unspecified atom stereocenters. The highest BCUT2D eigenvalue weighted by Gasteiger charge is 2.25. The third kappa shape index (κ3) is 2.34. The van der Waals surface area contributed by atoms with Crippen molar-refractivity contribution < 1.29 is 9.90 Å². The first kappa shape index (κ1) is 12.1. The van der Waals surface area contributed by atoms with Gasteiger partial charge in [0.15, 0.2) is 0 Å². The van der Waals surface area contributed by atoms with Crippen molar-refractivity contribution in [3.05, 3.63) is 17.5 Å². The average Bonchev–Trinajstić information content (AvgIpc) is 2.69. The van der Waals surface area contributed by atoms with Gasteiger partial charge in [0.1, 0.15) is 0 Å². The monoisotopic (exact) mass is 237 g/mol. The Balaban J connectivity index is 2.04. The van der Waals surface area contributed by atoms with Crippen molar-refractivity contribution in [1.29, 1.82) is 0 Å². The summed E-state index contributed by atoms with van der Waals surface area (Å²) < 4.78 is 1.72. The van der Waals surface area contributed by atoms with Crippen molar-refractivity contribution >= 4 is 5.91 Å². The Labute approximate surface area is 101 Å². The molecule has 1 amide bonds. The van der Waals surface area contributed by atoms with Gasteiger partial charge < -0.3 is 10.0 Å². The van der Waals surface area contributed by atoms with E-state index in [1.54, 1.807) is 10.9 Å². The summed E-state index contributed by atoms with van der Waals surface area (Å²) in [6.07, 6.45) is 3.42. The molecule has 1 saturated heterocycles. The Morgan fingerprint density at radius 1 is 1.53 bits per heavy atom. The van der Waals surface area contributed by atoms with Crippen LogP contribution in [-0.2, 0) is 7.05 Å². The number of aliphatic hydroxyl groups is 1. The molecule has 0 radical (unpaired) electrons. The van der Waals surface area contributed by atoms with Crippen molar-refractivity contribution in [1.82, 2.24) is 14.7 Å². The first-order valence-corrected chi connectivity index (χ1v) is 6.02. The van der Waals surface area contributed by atoms with Gasteiger partial charge in [-0.15, -0.1) is 0 Å². The number of piperidine rings is 1. The molecule has 0 bridgehead atoms. The summed E-state index contributed by atoms with van der Waals surface area (Å²) in [5.74, 6) is 0.418. The Morgan fingerprint density at radius 3 is 2.65 bits per heavy atom. The van der Waals surface area contributed by atoms with Crippen LogP contribution in [0.15, 0.2) is 6.20 Å². The maximum absolute atomic E-state index is 12.2. The number of amides is 1. The zero-order valence-electron chi connectivity index (χ0n) is 10.4. The van der Waals surface area contributed by atoms with E-state index in [-0.39, 0.29) is 12.5 Å². The molecule has 1 N–H and O–H groups in total. The zero-order valence-corrected chi connectivity index (χ0v) is 10.4. The normalized spacial score (nSPS) is 17.5. The number of carbonyl (C=O) groups is 1. The second kappa shape index (κ2) is 4.87. The van der Waals surface area contributed by atoms with Gasteiger partial charge in [-0.3, -0.25) is 9.48 Å². The molecule has 94 valence electrons. The lowest BCUT2D eigenvalue weighted by molar-refractivity contribution is 0.0650. The third-order valence-corrected chi connectivity index (χ3v) is 3.63. The molecule has 0 saturated carbocycles. The first-order valence-electron chi connectivity index (χ1n) is 6.02. The summed E-state index contributed by atoms with van der Waals surface area (Å²) in [7, 11) is 1.84. The molecule has 1 aromatic heterocycles. The van der Waals surface area contributed by atoms with Crippen molar-refractivity contribution in [2.24, 2.45) is 13.0 Å². The number of aromatic nitrogens is 2. The molecule has 0 spiro atoms. The van der Waals surface area contributed by atoms with E-state index in [0.29, 0.717) is 11.5 Å². The summed E-state index contributed by atoms with van der Waals surface area (Å²) in [6, 6.07) is 0. The predicted molar refractivity (Wildman–Crippen MR) is 63.7 cm³/mol. The molecule has 2 heterocycles. The number of aryl methyl sites for hydroxylation is 1. The van der Waals surface area contributed by atoms with Gasteiger partial charge in [-0.2, -0.15) is 5.10 Å². The molecule has 0 aromatic carbocycles. The van der Waals surface area contributed by atoms with Crippen LogP contribution in [0.25, 0.3) is 0 Å². The lowest BCUT2D eigenvalue weighted by Crippen LogP contribution is -2.39. The molecule has 1 aliphatic rings. The van der Waals surface area contributed by atoms with Crippen molar-refractivity contribution in [2.75, 3.05) is 19.7 Å². The highest BCUT2D eigenvalue weighted by atomic mass is 16.3. The highest BCUT2D eigenvalue weighted by molar-refractivity contribution is 5.95. The van der Waals surface area contributed by atoms with Gasteiger partial charge in [0.2, 0.25) is 0 Å². The second-order valence-electron chi connectivity index (χ2n) is 4.69. The van der Waals surface area contributed by atoms with Crippen LogP contribution >= 0.6 is 0 Å². The van der Waals surface area contributed by atoms with Crippen LogP contribution in [0.1, 0.15) is 28.9 Å². The van der Waals surface area contributed by atoms with E-state index >= 15 is 0 Å². The minimum atomic E-state index is 0.0620. The average molecular weight is 237 g/mol. The molecule has 0 aliphatic carbocycles. The van der Waals surface area contributed by atoms with Crippen LogP contribution in [0.4, 0.5) is 0 Å². The number of hydrogen-bond acceptors (Lipinski definition) is 3. The van der Waals surface area contributed by atoms with Gasteiger partial charge in [-0.05, 0) is 25.7 Å². The van der Waals surface area contributed by atoms with Gasteiger partial charge in [0.05, 0.1) is 11.8 Å². The highest BCUT2D eigenvalue weighted by Crippen LogP contribution is 2.19. The molecule has 2 rings (SSSR count). The Kier molecular flexibility index (Phi) is 3.47. The molecular weight excluding hydrogens is 218 g/mol. The summed E-state index contributed by atoms with van der Waals surface area (Å²) in [5.41, 5.74) is 1.59. The van der Waals surface area contributed by atoms with E-state index < -0.39 is 0 Å². The maximum atomic E-state index is 12.2. The fraction of sp³-hybridized carbons (Fsp3) is 0.667. The molecule has 5 nitrogen and oxygen atoms in total. The van der Waals surface area contributed by atoms with Gasteiger partial charge in [-0.25, -0.2) is 0 Å². The van der Waals surface area contributed by atoms with E-state index in [1.165, 1.54) is 0 Å². The van der Waals surface area contributed by atoms with Crippen LogP contribution in [0.2, 0.25) is 0 Å². The number of hydrogen-bond donors (Lipinski definition) is 1. The van der Waals surface area contributed by atoms with Crippen LogP contribution in [0.5, 0.6) is 0 Å². The van der Waals surface area contributed by atoms with Gasteiger partial charge in [-0.1, -0.05) is 0 Å². The number of aliphatic hydroxyl groups excluding tert-OH is 1. The van der Waals surface area contributed by atoms with Crippen LogP contribution in [0.3, 0.4) is 0 Å². The first-order chi connectivity index (χ1) is 8.13. The fourth-order valence-corrected chi connectivity index (χ4v) is 2.20. The number of rotatable bonds is 2. The number of nitrogens with zero attached hydrogens (tertiary/aromatic N) is 3. The minimum absolute atomic E-state index is 0.0620. The third-order valence-electron chi connectivity index (χ3n) is 3.63. The Hall–Kier alpha value is -1.36. The Bertz CT molecular complexity index is 406. The molecule has 1 aromatic rings. The van der Waals surface area contributed by atoms with Gasteiger partial charge in [0, 0.05) is 32.4 Å². The van der Waals surface area contributed by atoms with Crippen LogP contribution in [0, 0.1) is 12.8 Å². The molecule has 1 fully saturated rings. The summed E-state index contributed by atoms with van der Waals surface area (Å²) >= 11 is 0. The topological polar surface area (TPSA) is 58.4 Å².